The van der Waals surface area contributed by atoms with Gasteiger partial charge in [-0.1, -0.05) is 103 Å². The molecule has 0 unspecified atom stereocenters. The van der Waals surface area contributed by atoms with Crippen molar-refractivity contribution in [1.29, 1.82) is 5.26 Å². The minimum Gasteiger partial charge on any atom is -0.423 e. The molecular formula is C34H54FN3O. The Morgan fingerprint density at radius 1 is 0.897 bits per heavy atom. The number of nitriles is 1. The summed E-state index contributed by atoms with van der Waals surface area (Å²) in [4.78, 5) is 4.35. The topological polar surface area (TPSA) is 57.4 Å². The van der Waals surface area contributed by atoms with E-state index >= 15 is 0 Å². The van der Waals surface area contributed by atoms with Gasteiger partial charge in [-0.3, -0.25) is 0 Å². The molecule has 39 heavy (non-hydrogen) atoms. The second-order valence-electron chi connectivity index (χ2n) is 7.64. The van der Waals surface area contributed by atoms with Gasteiger partial charge in [0.05, 0.1) is 5.70 Å². The van der Waals surface area contributed by atoms with E-state index in [9.17, 15) is 4.39 Å². The highest BCUT2D eigenvalue weighted by Gasteiger charge is 2.04. The molecule has 4 nitrogen and oxygen atoms in total. The van der Waals surface area contributed by atoms with Crippen LogP contribution < -0.4 is 5.32 Å². The fourth-order valence-electron chi connectivity index (χ4n) is 1.98. The van der Waals surface area contributed by atoms with Gasteiger partial charge in [-0.25, -0.2) is 9.38 Å². The predicted octanol–water partition coefficient (Wildman–Crippen LogP) is 10.5. The first kappa shape index (κ1) is 45.1. The van der Waals surface area contributed by atoms with Crippen LogP contribution in [0.5, 0.6) is 0 Å². The quantitative estimate of drug-likeness (QED) is 0.116. The smallest absolute Gasteiger partial charge is 0.286 e. The molecule has 0 aliphatic carbocycles. The monoisotopic (exact) mass is 539 g/mol. The maximum absolute atomic E-state index is 13.7. The predicted molar refractivity (Wildman–Crippen MR) is 174 cm³/mol. The zero-order valence-corrected chi connectivity index (χ0v) is 26.6. The second kappa shape index (κ2) is 32.2. The van der Waals surface area contributed by atoms with Gasteiger partial charge in [-0.2, -0.15) is 5.26 Å². The molecule has 0 saturated heterocycles. The third-order valence-corrected chi connectivity index (χ3v) is 4.40. The van der Waals surface area contributed by atoms with Crippen molar-refractivity contribution in [2.75, 3.05) is 6.61 Å². The molecule has 0 fully saturated rings. The van der Waals surface area contributed by atoms with E-state index in [0.717, 1.165) is 34.4 Å². The lowest BCUT2D eigenvalue weighted by molar-refractivity contribution is 0.299. The fraction of sp³-hybridized carbons (Fsp3) is 0.412. The maximum atomic E-state index is 13.7. The Morgan fingerprint density at radius 2 is 1.41 bits per heavy atom. The molecule has 0 amide bonds. The van der Waals surface area contributed by atoms with Crippen molar-refractivity contribution in [2.45, 2.75) is 89.0 Å². The molecule has 1 N–H and O–H groups in total. The van der Waals surface area contributed by atoms with Gasteiger partial charge < -0.3 is 10.1 Å². The SMILES string of the molecule is C#C.C=C(/N=C(C)/C(C)=C/C=C(C)C)N/C(=C/C=C(\CC)COC#N)C(=C)F.C=C(C)C(=C)CC.CC.CC. The van der Waals surface area contributed by atoms with Gasteiger partial charge in [0.2, 0.25) is 0 Å². The lowest BCUT2D eigenvalue weighted by Crippen LogP contribution is -2.12. The Kier molecular flexibility index (Phi) is 37.2. The second-order valence-corrected chi connectivity index (χ2v) is 7.64. The van der Waals surface area contributed by atoms with E-state index in [1.807, 2.05) is 81.4 Å². The van der Waals surface area contributed by atoms with Crippen LogP contribution in [-0.4, -0.2) is 12.3 Å². The summed E-state index contributed by atoms with van der Waals surface area (Å²) < 4.78 is 18.4. The Labute approximate surface area is 240 Å². The van der Waals surface area contributed by atoms with Gasteiger partial charge >= 0.3 is 0 Å². The van der Waals surface area contributed by atoms with Crippen LogP contribution in [0, 0.1) is 24.4 Å². The van der Waals surface area contributed by atoms with Crippen LogP contribution in [0.4, 0.5) is 4.39 Å². The summed E-state index contributed by atoms with van der Waals surface area (Å²) in [5, 5.41) is 11.3. The third kappa shape index (κ3) is 30.3. The van der Waals surface area contributed by atoms with Gasteiger partial charge in [0.1, 0.15) is 18.3 Å². The molecule has 0 spiro atoms. The van der Waals surface area contributed by atoms with Gasteiger partial charge in [-0.05, 0) is 64.7 Å². The number of hydrogen-bond donors (Lipinski definition) is 1. The van der Waals surface area contributed by atoms with E-state index in [0.29, 0.717) is 12.2 Å². The molecule has 5 heteroatoms. The zero-order chi connectivity index (χ0) is 32.0. The number of rotatable bonds is 12. The molecule has 0 saturated carbocycles. The van der Waals surface area contributed by atoms with Gasteiger partial charge in [-0.15, -0.1) is 12.8 Å². The van der Waals surface area contributed by atoms with Crippen LogP contribution in [0.15, 0.2) is 101 Å². The fourth-order valence-corrected chi connectivity index (χ4v) is 1.98. The van der Waals surface area contributed by atoms with Crippen molar-refractivity contribution < 1.29 is 9.13 Å². The van der Waals surface area contributed by atoms with Gasteiger partial charge in [0.25, 0.3) is 6.26 Å². The minimum atomic E-state index is -0.635. The highest BCUT2D eigenvalue weighted by Crippen LogP contribution is 2.11. The van der Waals surface area contributed by atoms with Crippen molar-refractivity contribution in [2.24, 2.45) is 4.99 Å². The molecular weight excluding hydrogens is 485 g/mol. The molecule has 0 heterocycles. The lowest BCUT2D eigenvalue weighted by atomic mass is 10.1. The van der Waals surface area contributed by atoms with E-state index in [1.165, 1.54) is 11.6 Å². The largest absolute Gasteiger partial charge is 0.423 e. The lowest BCUT2D eigenvalue weighted by Gasteiger charge is -2.09. The number of hydrogen-bond acceptors (Lipinski definition) is 4. The zero-order valence-electron chi connectivity index (χ0n) is 26.6. The van der Waals surface area contributed by atoms with E-state index in [1.54, 1.807) is 12.3 Å². The van der Waals surface area contributed by atoms with E-state index in [-0.39, 0.29) is 12.3 Å². The van der Waals surface area contributed by atoms with Crippen molar-refractivity contribution in [3.05, 3.63) is 95.8 Å². The average Bonchev–Trinajstić information content (AvgIpc) is 2.93. The first-order chi connectivity index (χ1) is 18.4. The number of allylic oxidation sites excluding steroid dienone is 9. The van der Waals surface area contributed by atoms with Crippen LogP contribution in [-0.2, 0) is 4.74 Å². The minimum absolute atomic E-state index is 0.153. The first-order valence-corrected chi connectivity index (χ1v) is 13.1. The van der Waals surface area contributed by atoms with Crippen LogP contribution in [0.2, 0.25) is 0 Å². The number of aliphatic imine (C=N–C) groups is 1. The summed E-state index contributed by atoms with van der Waals surface area (Å²) >= 11 is 0. The molecule has 0 radical (unpaired) electrons. The molecule has 218 valence electrons. The average molecular weight is 540 g/mol. The van der Waals surface area contributed by atoms with Crippen molar-refractivity contribution >= 4 is 5.71 Å². The Hall–Kier alpha value is -3.83. The van der Waals surface area contributed by atoms with E-state index in [2.05, 4.69) is 56.4 Å². The molecule has 0 aliphatic rings. The summed E-state index contributed by atoms with van der Waals surface area (Å²) in [5.41, 5.74) is 6.20. The summed E-state index contributed by atoms with van der Waals surface area (Å²) in [6.07, 6.45) is 18.5. The molecule has 0 aromatic heterocycles. The molecule has 0 aromatic carbocycles. The molecule has 0 rings (SSSR count). The Balaban J connectivity index is -0.000000248. The summed E-state index contributed by atoms with van der Waals surface area (Å²) in [6.45, 7) is 36.6. The first-order valence-electron chi connectivity index (χ1n) is 13.1. The summed E-state index contributed by atoms with van der Waals surface area (Å²) in [5.74, 6) is -0.332. The van der Waals surface area contributed by atoms with Crippen LogP contribution >= 0.6 is 0 Å². The number of halogens is 1. The van der Waals surface area contributed by atoms with Crippen molar-refractivity contribution in [3.63, 3.8) is 0 Å². The summed E-state index contributed by atoms with van der Waals surface area (Å²) in [6, 6.07) is 0. The highest BCUT2D eigenvalue weighted by molar-refractivity contribution is 5.98. The number of nitrogens with one attached hydrogen (secondary N) is 1. The Bertz CT molecular complexity index is 945. The summed E-state index contributed by atoms with van der Waals surface area (Å²) in [7, 11) is 0. The third-order valence-electron chi connectivity index (χ3n) is 4.40. The molecule has 0 atom stereocenters. The number of nitrogens with zero attached hydrogens (tertiary/aromatic N) is 2. The molecule has 0 bridgehead atoms. The molecule has 0 aliphatic heterocycles. The van der Waals surface area contributed by atoms with E-state index in [4.69, 9.17) is 10.00 Å². The Morgan fingerprint density at radius 3 is 1.74 bits per heavy atom. The highest BCUT2D eigenvalue weighted by atomic mass is 19.1. The van der Waals surface area contributed by atoms with E-state index < -0.39 is 5.83 Å². The number of terminal acetylenes is 1. The van der Waals surface area contributed by atoms with Crippen LogP contribution in [0.3, 0.4) is 0 Å². The maximum Gasteiger partial charge on any atom is 0.286 e. The number of ether oxygens (including phenoxy) is 1. The normalized spacial score (nSPS) is 10.5. The van der Waals surface area contributed by atoms with Crippen molar-refractivity contribution in [3.8, 4) is 19.1 Å². The van der Waals surface area contributed by atoms with Crippen LogP contribution in [0.1, 0.15) is 89.0 Å². The standard InChI is InChI=1S/C21H28FN3O.C7H12.2C2H6.C2H2/c1-8-20(13-26-14-23)11-12-21(17(5)22)25-19(7)24-18(6)16(4)10-9-15(2)3;1-5-7(4)6(2)3;3*1-2/h9-12,25H,5,7-8,13H2,1-4,6H3;2,4-5H2,1,3H3;2*1-2H3;1-2H/b16-10+,20-11+,21-12+,24-18+;;;;. The van der Waals surface area contributed by atoms with Gasteiger partial charge in [0, 0.05) is 5.71 Å². The van der Waals surface area contributed by atoms with Crippen molar-refractivity contribution in [1.82, 2.24) is 5.32 Å². The molecule has 0 aromatic rings. The van der Waals surface area contributed by atoms with Crippen LogP contribution in [0.25, 0.3) is 0 Å². The van der Waals surface area contributed by atoms with Gasteiger partial charge in [0.15, 0.2) is 0 Å².